The maximum absolute atomic E-state index is 11.8. The van der Waals surface area contributed by atoms with Crippen molar-refractivity contribution in [3.05, 3.63) is 28.2 Å². The molecule has 1 rings (SSSR count). The Morgan fingerprint density at radius 1 is 1.35 bits per heavy atom. The highest BCUT2D eigenvalue weighted by Gasteiger charge is 2.20. The Morgan fingerprint density at radius 3 is 2.41 bits per heavy atom. The Bertz CT molecular complexity index is 424. The van der Waals surface area contributed by atoms with Crippen LogP contribution in [0.5, 0.6) is 0 Å². The molecular formula is C13H18BrNO2. The summed E-state index contributed by atoms with van der Waals surface area (Å²) in [5.74, 6) is 0. The van der Waals surface area contributed by atoms with Crippen molar-refractivity contribution >= 4 is 27.7 Å². The largest absolute Gasteiger partial charge is 0.443 e. The average Bonchev–Trinajstić information content (AvgIpc) is 2.18. The highest BCUT2D eigenvalue weighted by Crippen LogP contribution is 2.24. The molecule has 0 heterocycles. The standard InChI is InChI=1S/C13H18BrNO2/c1-9-6-7-10(8-11(9)14)15(5)12(16)17-13(2,3)4/h6-8H,1-5H3. The molecule has 1 amide bonds. The topological polar surface area (TPSA) is 29.5 Å². The zero-order valence-electron chi connectivity index (χ0n) is 10.9. The molecule has 0 unspecified atom stereocenters. The van der Waals surface area contributed by atoms with Crippen LogP contribution in [0.4, 0.5) is 10.5 Å². The molecule has 0 N–H and O–H groups in total. The van der Waals surface area contributed by atoms with Crippen LogP contribution in [0.1, 0.15) is 26.3 Å². The molecule has 17 heavy (non-hydrogen) atoms. The molecule has 0 spiro atoms. The van der Waals surface area contributed by atoms with E-state index in [1.54, 1.807) is 7.05 Å². The lowest BCUT2D eigenvalue weighted by Gasteiger charge is -2.24. The quantitative estimate of drug-likeness (QED) is 0.780. The summed E-state index contributed by atoms with van der Waals surface area (Å²) in [6, 6.07) is 5.75. The first kappa shape index (κ1) is 14.0. The maximum atomic E-state index is 11.8. The zero-order chi connectivity index (χ0) is 13.2. The lowest BCUT2D eigenvalue weighted by Crippen LogP contribution is -2.34. The normalized spacial score (nSPS) is 11.2. The van der Waals surface area contributed by atoms with Crippen molar-refractivity contribution in [3.63, 3.8) is 0 Å². The van der Waals surface area contributed by atoms with Gasteiger partial charge >= 0.3 is 6.09 Å². The van der Waals surface area contributed by atoms with Crippen molar-refractivity contribution in [3.8, 4) is 0 Å². The van der Waals surface area contributed by atoms with Crippen molar-refractivity contribution in [2.75, 3.05) is 11.9 Å². The second-order valence-electron chi connectivity index (χ2n) is 4.97. The number of hydrogen-bond donors (Lipinski definition) is 0. The Morgan fingerprint density at radius 2 is 1.94 bits per heavy atom. The summed E-state index contributed by atoms with van der Waals surface area (Å²) in [5, 5.41) is 0. The van der Waals surface area contributed by atoms with Crippen LogP contribution >= 0.6 is 15.9 Å². The lowest BCUT2D eigenvalue weighted by molar-refractivity contribution is 0.0589. The summed E-state index contributed by atoms with van der Waals surface area (Å²) in [7, 11) is 1.70. The number of carbonyl (C=O) groups excluding carboxylic acids is 1. The van der Waals surface area contributed by atoms with Crippen LogP contribution in [0.25, 0.3) is 0 Å². The fourth-order valence-electron chi connectivity index (χ4n) is 1.23. The van der Waals surface area contributed by atoms with Gasteiger partial charge in [0.1, 0.15) is 5.60 Å². The van der Waals surface area contributed by atoms with Gasteiger partial charge in [0.05, 0.1) is 0 Å². The van der Waals surface area contributed by atoms with E-state index >= 15 is 0 Å². The predicted octanol–water partition coefficient (Wildman–Crippen LogP) is 4.13. The van der Waals surface area contributed by atoms with Gasteiger partial charge in [-0.3, -0.25) is 4.90 Å². The summed E-state index contributed by atoms with van der Waals surface area (Å²) < 4.78 is 6.27. The van der Waals surface area contributed by atoms with Crippen molar-refractivity contribution in [1.29, 1.82) is 0 Å². The van der Waals surface area contributed by atoms with Crippen molar-refractivity contribution in [2.45, 2.75) is 33.3 Å². The summed E-state index contributed by atoms with van der Waals surface area (Å²) in [5.41, 5.74) is 1.45. The first-order chi connectivity index (χ1) is 7.70. The molecule has 0 aromatic heterocycles. The molecule has 1 aromatic rings. The van der Waals surface area contributed by atoms with Crippen molar-refractivity contribution < 1.29 is 9.53 Å². The summed E-state index contributed by atoms with van der Waals surface area (Å²) in [6.07, 6.45) is -0.353. The molecule has 0 radical (unpaired) electrons. The number of hydrogen-bond acceptors (Lipinski definition) is 2. The van der Waals surface area contributed by atoms with Gasteiger partial charge in [-0.1, -0.05) is 22.0 Å². The number of benzene rings is 1. The van der Waals surface area contributed by atoms with Crippen LogP contribution in [-0.2, 0) is 4.74 Å². The Hall–Kier alpha value is -1.03. The van der Waals surface area contributed by atoms with Gasteiger partial charge < -0.3 is 4.74 Å². The summed E-state index contributed by atoms with van der Waals surface area (Å²) in [6.45, 7) is 7.55. The third-order valence-electron chi connectivity index (χ3n) is 2.21. The molecule has 0 saturated carbocycles. The maximum Gasteiger partial charge on any atom is 0.414 e. The SMILES string of the molecule is Cc1ccc(N(C)C(=O)OC(C)(C)C)cc1Br. The molecule has 94 valence electrons. The van der Waals surface area contributed by atoms with E-state index in [0.717, 1.165) is 15.7 Å². The second kappa shape index (κ2) is 5.08. The van der Waals surface area contributed by atoms with E-state index in [1.807, 2.05) is 45.9 Å². The van der Waals surface area contributed by atoms with E-state index in [1.165, 1.54) is 4.90 Å². The molecule has 0 aliphatic carbocycles. The summed E-state index contributed by atoms with van der Waals surface area (Å²) in [4.78, 5) is 13.3. The molecular weight excluding hydrogens is 282 g/mol. The van der Waals surface area contributed by atoms with E-state index in [2.05, 4.69) is 15.9 Å². The molecule has 0 atom stereocenters. The highest BCUT2D eigenvalue weighted by atomic mass is 79.9. The molecule has 0 bridgehead atoms. The molecule has 4 heteroatoms. The predicted molar refractivity (Wildman–Crippen MR) is 73.5 cm³/mol. The fraction of sp³-hybridized carbons (Fsp3) is 0.462. The van der Waals surface area contributed by atoms with Crippen molar-refractivity contribution in [2.24, 2.45) is 0 Å². The Labute approximate surface area is 111 Å². The minimum absolute atomic E-state index is 0.353. The molecule has 3 nitrogen and oxygen atoms in total. The van der Waals surface area contributed by atoms with Gasteiger partial charge in [0, 0.05) is 17.2 Å². The van der Waals surface area contributed by atoms with E-state index in [4.69, 9.17) is 4.74 Å². The number of nitrogens with zero attached hydrogens (tertiary/aromatic N) is 1. The van der Waals surface area contributed by atoms with Crippen LogP contribution in [0, 0.1) is 6.92 Å². The van der Waals surface area contributed by atoms with Gasteiger partial charge in [0.2, 0.25) is 0 Å². The van der Waals surface area contributed by atoms with Crippen LogP contribution < -0.4 is 4.90 Å². The van der Waals surface area contributed by atoms with E-state index < -0.39 is 5.60 Å². The second-order valence-corrected chi connectivity index (χ2v) is 5.83. The fourth-order valence-corrected chi connectivity index (χ4v) is 1.59. The number of aryl methyl sites for hydroxylation is 1. The molecule has 1 aromatic carbocycles. The Balaban J connectivity index is 2.85. The minimum Gasteiger partial charge on any atom is -0.443 e. The first-order valence-corrected chi connectivity index (χ1v) is 6.23. The third-order valence-corrected chi connectivity index (χ3v) is 3.06. The van der Waals surface area contributed by atoms with Gasteiger partial charge in [0.15, 0.2) is 0 Å². The molecule has 0 aliphatic rings. The van der Waals surface area contributed by atoms with Crippen LogP contribution in [0.3, 0.4) is 0 Å². The molecule has 0 saturated heterocycles. The van der Waals surface area contributed by atoms with Crippen molar-refractivity contribution in [1.82, 2.24) is 0 Å². The minimum atomic E-state index is -0.479. The number of rotatable bonds is 1. The lowest BCUT2D eigenvalue weighted by atomic mass is 10.2. The number of halogens is 1. The zero-order valence-corrected chi connectivity index (χ0v) is 12.5. The first-order valence-electron chi connectivity index (χ1n) is 5.43. The van der Waals surface area contributed by atoms with Gasteiger partial charge in [-0.05, 0) is 45.4 Å². The van der Waals surface area contributed by atoms with E-state index in [-0.39, 0.29) is 6.09 Å². The third kappa shape index (κ3) is 4.04. The van der Waals surface area contributed by atoms with Crippen LogP contribution in [-0.4, -0.2) is 18.7 Å². The van der Waals surface area contributed by atoms with Gasteiger partial charge in [0.25, 0.3) is 0 Å². The number of anilines is 1. The van der Waals surface area contributed by atoms with E-state index in [0.29, 0.717) is 0 Å². The van der Waals surface area contributed by atoms with Gasteiger partial charge in [-0.25, -0.2) is 4.79 Å². The number of amides is 1. The Kier molecular flexibility index (Phi) is 4.20. The van der Waals surface area contributed by atoms with Gasteiger partial charge in [-0.2, -0.15) is 0 Å². The summed E-state index contributed by atoms with van der Waals surface area (Å²) >= 11 is 3.45. The highest BCUT2D eigenvalue weighted by molar-refractivity contribution is 9.10. The van der Waals surface area contributed by atoms with Crippen LogP contribution in [0.2, 0.25) is 0 Å². The van der Waals surface area contributed by atoms with E-state index in [9.17, 15) is 4.79 Å². The van der Waals surface area contributed by atoms with Crippen LogP contribution in [0.15, 0.2) is 22.7 Å². The van der Waals surface area contributed by atoms with Gasteiger partial charge in [-0.15, -0.1) is 0 Å². The monoisotopic (exact) mass is 299 g/mol. The smallest absolute Gasteiger partial charge is 0.414 e. The average molecular weight is 300 g/mol. The molecule has 0 aliphatic heterocycles. The molecule has 0 fully saturated rings. The number of ether oxygens (including phenoxy) is 1. The number of carbonyl (C=O) groups is 1.